The van der Waals surface area contributed by atoms with Gasteiger partial charge in [0.25, 0.3) is 0 Å². The topological polar surface area (TPSA) is 163 Å². The molecule has 0 atom stereocenters. The van der Waals surface area contributed by atoms with Crippen LogP contribution < -0.4 is 0 Å². The number of methoxy groups -OCH3 is 4. The number of rotatable bonds is 8. The number of hydrogen-bond donors (Lipinski definition) is 2. The molecule has 12 heteroatoms. The van der Waals surface area contributed by atoms with E-state index in [9.17, 15) is 19.2 Å². The molecule has 4 aromatic carbocycles. The van der Waals surface area contributed by atoms with Crippen molar-refractivity contribution < 1.29 is 38.1 Å². The van der Waals surface area contributed by atoms with E-state index in [1.807, 2.05) is 97.1 Å². The van der Waals surface area contributed by atoms with Crippen molar-refractivity contribution in [2.75, 3.05) is 28.4 Å². The maximum Gasteiger partial charge on any atom is 0.337 e. The van der Waals surface area contributed by atoms with Gasteiger partial charge in [-0.15, -0.1) is 0 Å². The Morgan fingerprint density at radius 3 is 0.719 bits per heavy atom. The lowest BCUT2D eigenvalue weighted by Gasteiger charge is -2.08. The molecule has 9 rings (SSSR count). The molecule has 3 aromatic heterocycles. The molecule has 0 amide bonds. The van der Waals surface area contributed by atoms with Gasteiger partial charge in [0.05, 0.1) is 73.5 Å². The maximum absolute atomic E-state index is 12.5. The van der Waals surface area contributed by atoms with E-state index in [-0.39, 0.29) is 0 Å². The average molecular weight is 847 g/mol. The van der Waals surface area contributed by atoms with Gasteiger partial charge in [0.2, 0.25) is 0 Å². The summed E-state index contributed by atoms with van der Waals surface area (Å²) in [5, 5.41) is 0. The molecule has 64 heavy (non-hydrogen) atoms. The average Bonchev–Trinajstić information content (AvgIpc) is 4.20. The minimum Gasteiger partial charge on any atom is -0.465 e. The molecular formula is C52H38N4O8. The molecule has 0 radical (unpaired) electrons. The highest BCUT2D eigenvalue weighted by Gasteiger charge is 2.20. The van der Waals surface area contributed by atoms with Crippen LogP contribution in [-0.2, 0) is 18.9 Å². The molecule has 0 aliphatic carbocycles. The molecular weight excluding hydrogens is 809 g/mol. The highest BCUT2D eigenvalue weighted by Crippen LogP contribution is 2.39. The third-order valence-corrected chi connectivity index (χ3v) is 11.1. The van der Waals surface area contributed by atoms with Gasteiger partial charge in [0, 0.05) is 44.3 Å². The SMILES string of the molecule is COC(=O)c1ccc(-c2c3nc(c(-c4ccc(C(=O)OC)cc4)c4ccc([nH]4)c(-c4ccc(C(=O)OC)cc4)c4nc(c(-c5ccc(C(=O)OC)cc5)c5ccc2[nH]5)C=C4)C=C3)cc1. The van der Waals surface area contributed by atoms with Gasteiger partial charge >= 0.3 is 23.9 Å². The number of aromatic amines is 2. The van der Waals surface area contributed by atoms with Gasteiger partial charge < -0.3 is 28.9 Å². The molecule has 2 aliphatic heterocycles. The molecule has 7 aromatic rings. The second kappa shape index (κ2) is 17.0. The lowest BCUT2D eigenvalue weighted by Crippen LogP contribution is -2.00. The Labute approximate surface area is 366 Å². The van der Waals surface area contributed by atoms with Crippen LogP contribution in [0.3, 0.4) is 0 Å². The van der Waals surface area contributed by atoms with Crippen molar-refractivity contribution in [1.29, 1.82) is 0 Å². The van der Waals surface area contributed by atoms with Crippen LogP contribution in [0.1, 0.15) is 64.2 Å². The van der Waals surface area contributed by atoms with Gasteiger partial charge in [-0.1, -0.05) is 48.5 Å². The Hall–Kier alpha value is -8.64. The minimum absolute atomic E-state index is 0.400. The van der Waals surface area contributed by atoms with E-state index in [2.05, 4.69) is 9.97 Å². The second-order valence-corrected chi connectivity index (χ2v) is 14.8. The quantitative estimate of drug-likeness (QED) is 0.111. The third-order valence-electron chi connectivity index (χ3n) is 11.1. The monoisotopic (exact) mass is 846 g/mol. The maximum atomic E-state index is 12.5. The Morgan fingerprint density at radius 1 is 0.328 bits per heavy atom. The molecule has 0 fully saturated rings. The van der Waals surface area contributed by atoms with E-state index in [1.54, 1.807) is 48.5 Å². The van der Waals surface area contributed by atoms with Crippen LogP contribution in [0, 0.1) is 0 Å². The number of carbonyl (C=O) groups is 4. The van der Waals surface area contributed by atoms with E-state index in [1.165, 1.54) is 28.4 Å². The molecule has 314 valence electrons. The molecule has 2 N–H and O–H groups in total. The van der Waals surface area contributed by atoms with Gasteiger partial charge in [-0.3, -0.25) is 0 Å². The third kappa shape index (κ3) is 7.53. The fourth-order valence-electron chi connectivity index (χ4n) is 7.98. The first-order valence-electron chi connectivity index (χ1n) is 20.1. The molecule has 0 spiro atoms. The first-order valence-corrected chi connectivity index (χ1v) is 20.1. The number of esters is 4. The van der Waals surface area contributed by atoms with Crippen molar-refractivity contribution in [3.8, 4) is 44.5 Å². The van der Waals surface area contributed by atoms with Crippen molar-refractivity contribution >= 4 is 70.2 Å². The van der Waals surface area contributed by atoms with Crippen molar-refractivity contribution in [3.05, 3.63) is 166 Å². The Morgan fingerprint density at radius 2 is 0.531 bits per heavy atom. The summed E-state index contributed by atoms with van der Waals surface area (Å²) in [6.45, 7) is 0. The van der Waals surface area contributed by atoms with Crippen LogP contribution in [0.2, 0.25) is 0 Å². The number of H-pyrrole nitrogens is 2. The number of aromatic nitrogens is 4. The number of nitrogens with zero attached hydrogens (tertiary/aromatic N) is 2. The zero-order valence-corrected chi connectivity index (χ0v) is 35.0. The normalized spacial score (nSPS) is 11.6. The van der Waals surface area contributed by atoms with Gasteiger partial charge in [-0.2, -0.15) is 0 Å². The number of nitrogens with one attached hydrogen (secondary N) is 2. The van der Waals surface area contributed by atoms with Gasteiger partial charge in [-0.05, 0) is 119 Å². The lowest BCUT2D eigenvalue weighted by molar-refractivity contribution is 0.0592. The molecule has 0 saturated carbocycles. The summed E-state index contributed by atoms with van der Waals surface area (Å²) in [4.78, 5) is 67.9. The molecule has 8 bridgehead atoms. The zero-order valence-electron chi connectivity index (χ0n) is 35.0. The number of fused-ring (bicyclic) bond motifs is 8. The van der Waals surface area contributed by atoms with Crippen LogP contribution in [0.15, 0.2) is 121 Å². The number of carbonyl (C=O) groups excluding carboxylic acids is 4. The predicted octanol–water partition coefficient (Wildman–Crippen LogP) is 10.5. The largest absolute Gasteiger partial charge is 0.465 e. The summed E-state index contributed by atoms with van der Waals surface area (Å²) in [6, 6.07) is 36.5. The number of ether oxygens (including phenoxy) is 4. The fraction of sp³-hybridized carbons (Fsp3) is 0.0769. The standard InChI is InChI=1S/C52H38N4O8/c1-61-49(57)33-13-5-29(6-14-33)45-37-21-23-39(53-37)46(30-7-15-34(16-8-30)50(58)62-2)41-25-27-43(55-41)48(32-11-19-36(20-12-32)52(60)64-4)44-28-26-42(56-44)47(40-24-22-38(45)54-40)31-9-17-35(18-10-31)51(59)63-3/h5-28,53,56H,1-4H3. The second-order valence-electron chi connectivity index (χ2n) is 14.8. The van der Waals surface area contributed by atoms with E-state index in [4.69, 9.17) is 28.9 Å². The van der Waals surface area contributed by atoms with Crippen LogP contribution in [0.4, 0.5) is 0 Å². The summed E-state index contributed by atoms with van der Waals surface area (Å²) in [5.41, 5.74) is 13.3. The molecule has 2 aliphatic rings. The minimum atomic E-state index is -0.453. The van der Waals surface area contributed by atoms with E-state index in [0.29, 0.717) is 45.0 Å². The van der Waals surface area contributed by atoms with Crippen molar-refractivity contribution in [1.82, 2.24) is 19.9 Å². The van der Waals surface area contributed by atoms with Crippen LogP contribution >= 0.6 is 0 Å². The Balaban J connectivity index is 1.40. The lowest BCUT2D eigenvalue weighted by atomic mass is 10.0. The van der Waals surface area contributed by atoms with Crippen molar-refractivity contribution in [3.63, 3.8) is 0 Å². The van der Waals surface area contributed by atoms with Crippen molar-refractivity contribution in [2.45, 2.75) is 0 Å². The van der Waals surface area contributed by atoms with Crippen LogP contribution in [0.25, 0.3) is 90.9 Å². The molecule has 0 unspecified atom stereocenters. The molecule has 0 saturated heterocycles. The summed E-state index contributed by atoms with van der Waals surface area (Å²) in [5.74, 6) is -1.81. The summed E-state index contributed by atoms with van der Waals surface area (Å²) >= 11 is 0. The number of hydrogen-bond acceptors (Lipinski definition) is 10. The molecule has 5 heterocycles. The summed E-state index contributed by atoms with van der Waals surface area (Å²) < 4.78 is 19.9. The summed E-state index contributed by atoms with van der Waals surface area (Å²) in [6.07, 6.45) is 7.80. The first kappa shape index (κ1) is 40.7. The van der Waals surface area contributed by atoms with Crippen LogP contribution in [0.5, 0.6) is 0 Å². The van der Waals surface area contributed by atoms with Gasteiger partial charge in [0.1, 0.15) is 0 Å². The smallest absolute Gasteiger partial charge is 0.337 e. The van der Waals surface area contributed by atoms with E-state index in [0.717, 1.165) is 66.6 Å². The number of benzene rings is 4. The fourth-order valence-corrected chi connectivity index (χ4v) is 7.98. The zero-order chi connectivity index (χ0) is 44.5. The highest BCUT2D eigenvalue weighted by atomic mass is 16.5. The van der Waals surface area contributed by atoms with Crippen molar-refractivity contribution in [2.24, 2.45) is 0 Å². The Kier molecular flexibility index (Phi) is 10.8. The van der Waals surface area contributed by atoms with Gasteiger partial charge in [-0.25, -0.2) is 29.1 Å². The Bertz CT molecular complexity index is 2820. The van der Waals surface area contributed by atoms with Gasteiger partial charge in [0.15, 0.2) is 0 Å². The first-order chi connectivity index (χ1) is 31.2. The predicted molar refractivity (Wildman–Crippen MR) is 246 cm³/mol. The van der Waals surface area contributed by atoms with Crippen LogP contribution in [-0.4, -0.2) is 72.3 Å². The highest BCUT2D eigenvalue weighted by molar-refractivity contribution is 6.01. The van der Waals surface area contributed by atoms with E-state index < -0.39 is 23.9 Å². The summed E-state index contributed by atoms with van der Waals surface area (Å²) in [7, 11) is 5.38. The van der Waals surface area contributed by atoms with E-state index >= 15 is 0 Å². The molecule has 12 nitrogen and oxygen atoms in total.